The van der Waals surface area contributed by atoms with E-state index in [1.165, 1.54) is 29.2 Å². The fraction of sp³-hybridized carbons (Fsp3) is 0.111. The van der Waals surface area contributed by atoms with Gasteiger partial charge in [0.2, 0.25) is 0 Å². The zero-order valence-electron chi connectivity index (χ0n) is 13.4. The van der Waals surface area contributed by atoms with Crippen LogP contribution in [0, 0.1) is 10.1 Å². The lowest BCUT2D eigenvalue weighted by Crippen LogP contribution is -2.29. The van der Waals surface area contributed by atoms with Crippen molar-refractivity contribution in [3.8, 4) is 0 Å². The normalized spacial score (nSPS) is 10.6. The Balaban J connectivity index is 1.82. The molecule has 0 saturated heterocycles. The molecule has 0 bridgehead atoms. The Labute approximate surface area is 142 Å². The zero-order chi connectivity index (χ0) is 18.0. The van der Waals surface area contributed by atoms with Crippen molar-refractivity contribution in [2.24, 2.45) is 0 Å². The summed E-state index contributed by atoms with van der Waals surface area (Å²) in [5.41, 5.74) is 1.20. The largest absolute Gasteiger partial charge is 0.337 e. The highest BCUT2D eigenvalue weighted by molar-refractivity contribution is 5.94. The van der Waals surface area contributed by atoms with Crippen LogP contribution in [0.1, 0.15) is 15.9 Å². The summed E-state index contributed by atoms with van der Waals surface area (Å²) in [6.07, 6.45) is 0. The van der Waals surface area contributed by atoms with Gasteiger partial charge < -0.3 is 9.88 Å². The van der Waals surface area contributed by atoms with E-state index >= 15 is 0 Å². The van der Waals surface area contributed by atoms with Gasteiger partial charge in [0.1, 0.15) is 0 Å². The van der Waals surface area contributed by atoms with Gasteiger partial charge in [-0.2, -0.15) is 0 Å². The summed E-state index contributed by atoms with van der Waals surface area (Å²) in [6, 6.07) is 14.5. The number of carbonyl (C=O) groups is 1. The number of hydrogen-bond acceptors (Lipinski definition) is 4. The Morgan fingerprint density at radius 3 is 2.52 bits per heavy atom. The highest BCUT2D eigenvalue weighted by Gasteiger charge is 2.15. The Morgan fingerprint density at radius 2 is 1.84 bits per heavy atom. The molecule has 3 rings (SSSR count). The summed E-state index contributed by atoms with van der Waals surface area (Å²) in [4.78, 5) is 39.0. The van der Waals surface area contributed by atoms with Crippen molar-refractivity contribution in [1.29, 1.82) is 0 Å². The lowest BCUT2D eigenvalue weighted by atomic mass is 10.1. The maximum absolute atomic E-state index is 12.4. The van der Waals surface area contributed by atoms with Gasteiger partial charge in [0.05, 0.1) is 11.5 Å². The number of pyridine rings is 1. The highest BCUT2D eigenvalue weighted by atomic mass is 16.6. The molecular weight excluding hydrogens is 322 g/mol. The van der Waals surface area contributed by atoms with Crippen molar-refractivity contribution in [2.75, 3.05) is 7.05 Å². The molecule has 0 radical (unpaired) electrons. The van der Waals surface area contributed by atoms with Gasteiger partial charge in [-0.3, -0.25) is 19.7 Å². The summed E-state index contributed by atoms with van der Waals surface area (Å²) in [6.45, 7) is 0.135. The van der Waals surface area contributed by atoms with E-state index in [0.717, 1.165) is 10.9 Å². The molecule has 3 aromatic rings. The number of H-pyrrole nitrogens is 1. The van der Waals surface area contributed by atoms with Gasteiger partial charge in [-0.1, -0.05) is 18.2 Å². The minimum atomic E-state index is -0.521. The first-order chi connectivity index (χ1) is 12.0. The molecule has 0 atom stereocenters. The van der Waals surface area contributed by atoms with Crippen molar-refractivity contribution in [3.05, 3.63) is 86.2 Å². The van der Waals surface area contributed by atoms with Crippen molar-refractivity contribution < 1.29 is 9.72 Å². The number of nitro groups is 1. The first kappa shape index (κ1) is 16.4. The molecule has 1 heterocycles. The van der Waals surface area contributed by atoms with Crippen LogP contribution >= 0.6 is 0 Å². The average Bonchev–Trinajstić information content (AvgIpc) is 2.61. The number of nitrogens with zero attached hydrogens (tertiary/aromatic N) is 2. The molecule has 0 aliphatic carbocycles. The Kier molecular flexibility index (Phi) is 4.30. The molecule has 126 valence electrons. The summed E-state index contributed by atoms with van der Waals surface area (Å²) >= 11 is 0. The maximum atomic E-state index is 12.4. The number of carbonyl (C=O) groups excluding carboxylic acids is 1. The fourth-order valence-electron chi connectivity index (χ4n) is 2.58. The average molecular weight is 337 g/mol. The summed E-state index contributed by atoms with van der Waals surface area (Å²) in [5, 5.41) is 11.6. The van der Waals surface area contributed by atoms with E-state index in [4.69, 9.17) is 0 Å². The van der Waals surface area contributed by atoms with Crippen LogP contribution in [0.2, 0.25) is 0 Å². The predicted molar refractivity (Wildman–Crippen MR) is 93.5 cm³/mol. The number of nitro benzene ring substituents is 1. The van der Waals surface area contributed by atoms with Crippen molar-refractivity contribution >= 4 is 22.5 Å². The molecule has 0 saturated carbocycles. The van der Waals surface area contributed by atoms with E-state index in [9.17, 15) is 19.7 Å². The maximum Gasteiger partial charge on any atom is 0.269 e. The third-order valence-corrected chi connectivity index (χ3v) is 3.91. The highest BCUT2D eigenvalue weighted by Crippen LogP contribution is 2.15. The molecule has 0 aliphatic rings. The van der Waals surface area contributed by atoms with Crippen LogP contribution < -0.4 is 5.56 Å². The zero-order valence-corrected chi connectivity index (χ0v) is 13.4. The number of amides is 1. The van der Waals surface area contributed by atoms with Crippen molar-refractivity contribution in [3.63, 3.8) is 0 Å². The number of hydrogen-bond donors (Lipinski definition) is 1. The lowest BCUT2D eigenvalue weighted by Gasteiger charge is -2.17. The lowest BCUT2D eigenvalue weighted by molar-refractivity contribution is -0.384. The number of para-hydroxylation sites is 1. The monoisotopic (exact) mass is 337 g/mol. The number of aromatic nitrogens is 1. The molecule has 0 fully saturated rings. The van der Waals surface area contributed by atoms with Crippen LogP contribution in [-0.4, -0.2) is 27.8 Å². The summed E-state index contributed by atoms with van der Waals surface area (Å²) in [7, 11) is 1.58. The van der Waals surface area contributed by atoms with Crippen LogP contribution in [0.15, 0.2) is 59.4 Å². The quantitative estimate of drug-likeness (QED) is 0.585. The van der Waals surface area contributed by atoms with Crippen LogP contribution in [0.3, 0.4) is 0 Å². The SMILES string of the molecule is CN(Cc1cc2ccccc2[nH]c1=O)C(=O)c1ccc([N+](=O)[O-])cc1. The van der Waals surface area contributed by atoms with E-state index in [1.54, 1.807) is 13.1 Å². The molecule has 1 N–H and O–H groups in total. The standard InChI is InChI=1S/C18H15N3O4/c1-20(18(23)12-6-8-15(9-7-12)21(24)25)11-14-10-13-4-2-3-5-16(13)19-17(14)22/h2-10H,11H2,1H3,(H,19,22). The van der Waals surface area contributed by atoms with Gasteiger partial charge in [0.25, 0.3) is 17.2 Å². The van der Waals surface area contributed by atoms with E-state index in [2.05, 4.69) is 4.98 Å². The van der Waals surface area contributed by atoms with Gasteiger partial charge in [0, 0.05) is 35.8 Å². The molecule has 0 spiro atoms. The van der Waals surface area contributed by atoms with Crippen LogP contribution in [0.4, 0.5) is 5.69 Å². The van der Waals surface area contributed by atoms with Gasteiger partial charge in [-0.05, 0) is 29.7 Å². The van der Waals surface area contributed by atoms with Crippen molar-refractivity contribution in [1.82, 2.24) is 9.88 Å². The number of benzene rings is 2. The first-order valence-electron chi connectivity index (χ1n) is 7.56. The third-order valence-electron chi connectivity index (χ3n) is 3.91. The smallest absolute Gasteiger partial charge is 0.269 e. The Morgan fingerprint density at radius 1 is 1.16 bits per heavy atom. The fourth-order valence-corrected chi connectivity index (χ4v) is 2.58. The van der Waals surface area contributed by atoms with E-state index in [-0.39, 0.29) is 23.7 Å². The number of rotatable bonds is 4. The summed E-state index contributed by atoms with van der Waals surface area (Å²) < 4.78 is 0. The second-order valence-corrected chi connectivity index (χ2v) is 5.68. The third kappa shape index (κ3) is 3.40. The van der Waals surface area contributed by atoms with Crippen LogP contribution in [0.5, 0.6) is 0 Å². The molecule has 1 amide bonds. The molecule has 0 aliphatic heterocycles. The van der Waals surface area contributed by atoms with E-state index < -0.39 is 4.92 Å². The van der Waals surface area contributed by atoms with E-state index in [1.807, 2.05) is 24.3 Å². The number of non-ortho nitro benzene ring substituents is 1. The topological polar surface area (TPSA) is 96.3 Å². The first-order valence-corrected chi connectivity index (χ1v) is 7.56. The molecule has 25 heavy (non-hydrogen) atoms. The predicted octanol–water partition coefficient (Wildman–Crippen LogP) is 2.71. The van der Waals surface area contributed by atoms with Gasteiger partial charge in [0.15, 0.2) is 0 Å². The molecule has 1 aromatic heterocycles. The summed E-state index contributed by atoms with van der Waals surface area (Å²) in [5.74, 6) is -0.317. The van der Waals surface area contributed by atoms with Gasteiger partial charge in [-0.15, -0.1) is 0 Å². The Bertz CT molecular complexity index is 1010. The number of nitrogens with one attached hydrogen (secondary N) is 1. The number of fused-ring (bicyclic) bond motifs is 1. The van der Waals surface area contributed by atoms with Gasteiger partial charge >= 0.3 is 0 Å². The van der Waals surface area contributed by atoms with E-state index in [0.29, 0.717) is 11.1 Å². The van der Waals surface area contributed by atoms with Crippen LogP contribution in [-0.2, 0) is 6.54 Å². The second-order valence-electron chi connectivity index (χ2n) is 5.68. The molecule has 7 nitrogen and oxygen atoms in total. The molecular formula is C18H15N3O4. The molecule has 2 aromatic carbocycles. The minimum Gasteiger partial charge on any atom is -0.337 e. The number of aromatic amines is 1. The van der Waals surface area contributed by atoms with Gasteiger partial charge in [-0.25, -0.2) is 0 Å². The Hall–Kier alpha value is -3.48. The second kappa shape index (κ2) is 6.56. The van der Waals surface area contributed by atoms with Crippen molar-refractivity contribution in [2.45, 2.75) is 6.54 Å². The minimum absolute atomic E-state index is 0.0785. The van der Waals surface area contributed by atoms with Crippen LogP contribution in [0.25, 0.3) is 10.9 Å². The molecule has 0 unspecified atom stereocenters. The molecule has 7 heteroatoms.